The average Bonchev–Trinajstić information content (AvgIpc) is 2.90. The number of thiophene rings is 1. The third kappa shape index (κ3) is 3.11. The Morgan fingerprint density at radius 1 is 1.41 bits per heavy atom. The average molecular weight is 251 g/mol. The molecule has 3 atom stereocenters. The molecule has 2 rings (SSSR count). The molecule has 0 saturated heterocycles. The quantitative estimate of drug-likeness (QED) is 0.810. The molecule has 1 aromatic heterocycles. The van der Waals surface area contributed by atoms with Gasteiger partial charge in [-0.1, -0.05) is 26.7 Å². The summed E-state index contributed by atoms with van der Waals surface area (Å²) in [6, 6.07) is 5.20. The summed E-state index contributed by atoms with van der Waals surface area (Å²) in [6.07, 6.45) is 5.46. The van der Waals surface area contributed by atoms with Crippen molar-refractivity contribution in [3.05, 3.63) is 21.9 Å². The van der Waals surface area contributed by atoms with Crippen LogP contribution in [0, 0.1) is 18.8 Å². The lowest BCUT2D eigenvalue weighted by Gasteiger charge is -2.27. The van der Waals surface area contributed by atoms with Crippen LogP contribution in [0.4, 0.5) is 0 Å². The molecule has 1 aliphatic rings. The van der Waals surface area contributed by atoms with E-state index in [4.69, 9.17) is 0 Å². The number of rotatable bonds is 5. The molecular formula is C15H25NS. The van der Waals surface area contributed by atoms with Crippen LogP contribution in [0.5, 0.6) is 0 Å². The minimum Gasteiger partial charge on any atom is -0.309 e. The second kappa shape index (κ2) is 6.01. The Morgan fingerprint density at radius 3 is 2.76 bits per heavy atom. The highest BCUT2D eigenvalue weighted by Gasteiger charge is 2.32. The minimum absolute atomic E-state index is 0.603. The van der Waals surface area contributed by atoms with Gasteiger partial charge in [0.2, 0.25) is 0 Å². The van der Waals surface area contributed by atoms with Gasteiger partial charge in [0, 0.05) is 15.8 Å². The summed E-state index contributed by atoms with van der Waals surface area (Å²) in [5, 5.41) is 3.78. The molecule has 1 nitrogen and oxygen atoms in total. The number of hydrogen-bond acceptors (Lipinski definition) is 2. The second-order valence-corrected chi connectivity index (χ2v) is 6.77. The fourth-order valence-corrected chi connectivity index (χ4v) is 4.08. The van der Waals surface area contributed by atoms with E-state index in [0.717, 1.165) is 18.4 Å². The Labute approximate surface area is 110 Å². The van der Waals surface area contributed by atoms with Gasteiger partial charge in [0.1, 0.15) is 0 Å². The SMILES string of the molecule is CCCNC(c1ccc(C)s1)C1CCCC1C. The zero-order valence-electron chi connectivity index (χ0n) is 11.3. The van der Waals surface area contributed by atoms with Crippen LogP contribution in [0.25, 0.3) is 0 Å². The number of hydrogen-bond donors (Lipinski definition) is 1. The van der Waals surface area contributed by atoms with Crippen LogP contribution in [0.2, 0.25) is 0 Å². The predicted octanol–water partition coefficient (Wildman–Crippen LogP) is 4.53. The Bertz CT molecular complexity index is 344. The maximum Gasteiger partial charge on any atom is 0.0446 e. The predicted molar refractivity (Wildman–Crippen MR) is 76.6 cm³/mol. The van der Waals surface area contributed by atoms with Crippen LogP contribution >= 0.6 is 11.3 Å². The summed E-state index contributed by atoms with van der Waals surface area (Å²) < 4.78 is 0. The van der Waals surface area contributed by atoms with Crippen molar-refractivity contribution < 1.29 is 0 Å². The van der Waals surface area contributed by atoms with E-state index in [0.29, 0.717) is 6.04 Å². The van der Waals surface area contributed by atoms with Crippen molar-refractivity contribution in [1.29, 1.82) is 0 Å². The number of aryl methyl sites for hydroxylation is 1. The Hall–Kier alpha value is -0.340. The third-order valence-electron chi connectivity index (χ3n) is 4.04. The summed E-state index contributed by atoms with van der Waals surface area (Å²) in [5.41, 5.74) is 0. The zero-order chi connectivity index (χ0) is 12.3. The van der Waals surface area contributed by atoms with Gasteiger partial charge in [0.25, 0.3) is 0 Å². The molecule has 1 N–H and O–H groups in total. The maximum atomic E-state index is 3.78. The molecule has 0 amide bonds. The van der Waals surface area contributed by atoms with E-state index < -0.39 is 0 Å². The van der Waals surface area contributed by atoms with Gasteiger partial charge in [-0.25, -0.2) is 0 Å². The first-order chi connectivity index (χ1) is 8.22. The maximum absolute atomic E-state index is 3.78. The zero-order valence-corrected chi connectivity index (χ0v) is 12.1. The van der Waals surface area contributed by atoms with Crippen LogP contribution in [0.15, 0.2) is 12.1 Å². The van der Waals surface area contributed by atoms with Gasteiger partial charge in [-0.05, 0) is 50.3 Å². The van der Waals surface area contributed by atoms with Gasteiger partial charge in [-0.3, -0.25) is 0 Å². The lowest BCUT2D eigenvalue weighted by atomic mass is 9.89. The number of nitrogens with one attached hydrogen (secondary N) is 1. The minimum atomic E-state index is 0.603. The molecule has 0 aliphatic heterocycles. The molecule has 1 aromatic rings. The highest BCUT2D eigenvalue weighted by molar-refractivity contribution is 7.12. The van der Waals surface area contributed by atoms with Gasteiger partial charge in [0.05, 0.1) is 0 Å². The van der Waals surface area contributed by atoms with Crippen molar-refractivity contribution in [2.75, 3.05) is 6.54 Å². The molecule has 0 aromatic carbocycles. The van der Waals surface area contributed by atoms with Crippen LogP contribution in [0.3, 0.4) is 0 Å². The van der Waals surface area contributed by atoms with E-state index in [1.54, 1.807) is 4.88 Å². The van der Waals surface area contributed by atoms with E-state index in [9.17, 15) is 0 Å². The summed E-state index contributed by atoms with van der Waals surface area (Å²) in [6.45, 7) is 8.04. The molecule has 1 aliphatic carbocycles. The van der Waals surface area contributed by atoms with Crippen LogP contribution in [0.1, 0.15) is 55.3 Å². The van der Waals surface area contributed by atoms with E-state index in [-0.39, 0.29) is 0 Å². The second-order valence-electron chi connectivity index (χ2n) is 5.45. The highest BCUT2D eigenvalue weighted by atomic mass is 32.1. The van der Waals surface area contributed by atoms with Gasteiger partial charge >= 0.3 is 0 Å². The van der Waals surface area contributed by atoms with Crippen molar-refractivity contribution in [3.8, 4) is 0 Å². The largest absolute Gasteiger partial charge is 0.309 e. The Balaban J connectivity index is 2.12. The van der Waals surface area contributed by atoms with Gasteiger partial charge < -0.3 is 5.32 Å². The first-order valence-corrected chi connectivity index (χ1v) is 7.83. The van der Waals surface area contributed by atoms with E-state index in [2.05, 4.69) is 38.2 Å². The first kappa shape index (κ1) is 13.1. The molecule has 0 bridgehead atoms. The molecule has 2 heteroatoms. The normalized spacial score (nSPS) is 26.3. The summed E-state index contributed by atoms with van der Waals surface area (Å²) in [4.78, 5) is 2.99. The van der Waals surface area contributed by atoms with Crippen LogP contribution in [-0.4, -0.2) is 6.54 Å². The fourth-order valence-electron chi connectivity index (χ4n) is 3.05. The van der Waals surface area contributed by atoms with Gasteiger partial charge in [-0.15, -0.1) is 11.3 Å². The third-order valence-corrected chi connectivity index (χ3v) is 5.12. The first-order valence-electron chi connectivity index (χ1n) is 7.02. The van der Waals surface area contributed by atoms with E-state index in [1.807, 2.05) is 11.3 Å². The van der Waals surface area contributed by atoms with Crippen molar-refractivity contribution >= 4 is 11.3 Å². The highest BCUT2D eigenvalue weighted by Crippen LogP contribution is 2.41. The molecule has 0 radical (unpaired) electrons. The van der Waals surface area contributed by atoms with Crippen molar-refractivity contribution in [3.63, 3.8) is 0 Å². The van der Waals surface area contributed by atoms with E-state index in [1.165, 1.54) is 30.6 Å². The summed E-state index contributed by atoms with van der Waals surface area (Å²) in [7, 11) is 0. The standard InChI is InChI=1S/C15H25NS/c1-4-10-16-15(13-7-5-6-11(13)2)14-9-8-12(3)17-14/h8-9,11,13,15-16H,4-7,10H2,1-3H3. The molecule has 17 heavy (non-hydrogen) atoms. The Morgan fingerprint density at radius 2 is 2.24 bits per heavy atom. The van der Waals surface area contributed by atoms with Crippen molar-refractivity contribution in [2.24, 2.45) is 11.8 Å². The molecule has 1 fully saturated rings. The summed E-state index contributed by atoms with van der Waals surface area (Å²) >= 11 is 1.97. The smallest absolute Gasteiger partial charge is 0.0446 e. The van der Waals surface area contributed by atoms with Crippen LogP contribution < -0.4 is 5.32 Å². The summed E-state index contributed by atoms with van der Waals surface area (Å²) in [5.74, 6) is 1.73. The fraction of sp³-hybridized carbons (Fsp3) is 0.733. The molecule has 0 spiro atoms. The van der Waals surface area contributed by atoms with Crippen LogP contribution in [-0.2, 0) is 0 Å². The lowest BCUT2D eigenvalue weighted by Crippen LogP contribution is -2.29. The van der Waals surface area contributed by atoms with Crippen molar-refractivity contribution in [2.45, 2.75) is 52.5 Å². The van der Waals surface area contributed by atoms with Crippen molar-refractivity contribution in [1.82, 2.24) is 5.32 Å². The molecule has 1 saturated carbocycles. The topological polar surface area (TPSA) is 12.0 Å². The molecular weight excluding hydrogens is 226 g/mol. The lowest BCUT2D eigenvalue weighted by molar-refractivity contribution is 0.305. The molecule has 96 valence electrons. The molecule has 1 heterocycles. The van der Waals surface area contributed by atoms with Gasteiger partial charge in [0.15, 0.2) is 0 Å². The van der Waals surface area contributed by atoms with Gasteiger partial charge in [-0.2, -0.15) is 0 Å². The van der Waals surface area contributed by atoms with E-state index >= 15 is 0 Å². The Kier molecular flexibility index (Phi) is 4.63. The molecule has 3 unspecified atom stereocenters. The monoisotopic (exact) mass is 251 g/mol.